The lowest BCUT2D eigenvalue weighted by Gasteiger charge is -2.06. The van der Waals surface area contributed by atoms with Gasteiger partial charge in [0.1, 0.15) is 5.82 Å². The highest BCUT2D eigenvalue weighted by atomic mass is 35.5. The molecule has 0 unspecified atom stereocenters. The summed E-state index contributed by atoms with van der Waals surface area (Å²) < 4.78 is 5.73. The fourth-order valence-electron chi connectivity index (χ4n) is 2.05. The van der Waals surface area contributed by atoms with E-state index in [1.54, 1.807) is 12.3 Å². The Bertz CT molecular complexity index is 813. The van der Waals surface area contributed by atoms with Gasteiger partial charge in [0.15, 0.2) is 0 Å². The maximum Gasteiger partial charge on any atom is 0.251 e. The third-order valence-electron chi connectivity index (χ3n) is 3.27. The van der Waals surface area contributed by atoms with Gasteiger partial charge in [-0.25, -0.2) is 9.97 Å². The second-order valence-electron chi connectivity index (χ2n) is 5.27. The van der Waals surface area contributed by atoms with E-state index in [0.717, 1.165) is 17.1 Å². The molecule has 0 N–H and O–H groups in total. The largest absolute Gasteiger partial charge is 0.416 e. The van der Waals surface area contributed by atoms with Crippen molar-refractivity contribution in [3.8, 4) is 22.9 Å². The Hall–Kier alpha value is -2.27. The van der Waals surface area contributed by atoms with E-state index in [1.165, 1.54) is 0 Å². The van der Waals surface area contributed by atoms with Crippen molar-refractivity contribution in [2.45, 2.75) is 26.7 Å². The van der Waals surface area contributed by atoms with Crippen molar-refractivity contribution in [3.63, 3.8) is 0 Å². The van der Waals surface area contributed by atoms with Gasteiger partial charge < -0.3 is 4.42 Å². The summed E-state index contributed by atoms with van der Waals surface area (Å²) in [6.45, 7) is 6.01. The molecule has 2 aromatic heterocycles. The summed E-state index contributed by atoms with van der Waals surface area (Å²) in [5, 5.41) is 8.72. The summed E-state index contributed by atoms with van der Waals surface area (Å²) in [5.41, 5.74) is 2.25. The average molecular weight is 315 g/mol. The van der Waals surface area contributed by atoms with Gasteiger partial charge in [0.2, 0.25) is 5.89 Å². The minimum Gasteiger partial charge on any atom is -0.416 e. The first-order valence-electron chi connectivity index (χ1n) is 6.98. The zero-order valence-electron chi connectivity index (χ0n) is 12.5. The van der Waals surface area contributed by atoms with Crippen LogP contribution in [0.25, 0.3) is 22.9 Å². The van der Waals surface area contributed by atoms with Crippen LogP contribution in [0.2, 0.25) is 5.02 Å². The lowest BCUT2D eigenvalue weighted by Crippen LogP contribution is -2.00. The molecular weight excluding hydrogens is 300 g/mol. The van der Waals surface area contributed by atoms with Crippen LogP contribution >= 0.6 is 11.6 Å². The van der Waals surface area contributed by atoms with Crippen molar-refractivity contribution in [1.82, 2.24) is 20.2 Å². The molecule has 0 aliphatic heterocycles. The molecule has 0 radical (unpaired) electrons. The van der Waals surface area contributed by atoms with Crippen LogP contribution in [0, 0.1) is 6.92 Å². The normalized spacial score (nSPS) is 11.1. The van der Waals surface area contributed by atoms with E-state index in [1.807, 2.05) is 25.1 Å². The van der Waals surface area contributed by atoms with Crippen molar-refractivity contribution < 1.29 is 4.42 Å². The lowest BCUT2D eigenvalue weighted by molar-refractivity contribution is 0.582. The van der Waals surface area contributed by atoms with Crippen LogP contribution in [-0.2, 0) is 0 Å². The van der Waals surface area contributed by atoms with Crippen molar-refractivity contribution in [2.75, 3.05) is 0 Å². The molecule has 0 spiro atoms. The van der Waals surface area contributed by atoms with Crippen LogP contribution < -0.4 is 0 Å². The van der Waals surface area contributed by atoms with Gasteiger partial charge in [0.25, 0.3) is 5.89 Å². The van der Waals surface area contributed by atoms with E-state index in [2.05, 4.69) is 34.0 Å². The Kier molecular flexibility index (Phi) is 3.90. The lowest BCUT2D eigenvalue weighted by atomic mass is 10.2. The Morgan fingerprint density at radius 3 is 2.36 bits per heavy atom. The van der Waals surface area contributed by atoms with Gasteiger partial charge in [0.05, 0.1) is 21.8 Å². The van der Waals surface area contributed by atoms with Crippen molar-refractivity contribution in [1.29, 1.82) is 0 Å². The van der Waals surface area contributed by atoms with Gasteiger partial charge in [-0.2, -0.15) is 0 Å². The summed E-state index contributed by atoms with van der Waals surface area (Å²) in [6.07, 6.45) is 1.72. The third kappa shape index (κ3) is 2.72. The molecule has 0 bridgehead atoms. The molecule has 1 aromatic carbocycles. The van der Waals surface area contributed by atoms with Crippen molar-refractivity contribution in [2.24, 2.45) is 0 Å². The second kappa shape index (κ2) is 5.85. The number of hydrogen-bond donors (Lipinski definition) is 0. The minimum absolute atomic E-state index is 0.272. The standard InChI is InChI=1S/C16H15ClN4O/c1-9(2)14-18-8-12(10(3)19-14)16-21-20-15(22-16)11-6-4-5-7-13(11)17/h4-9H,1-3H3. The topological polar surface area (TPSA) is 64.7 Å². The van der Waals surface area contributed by atoms with E-state index < -0.39 is 0 Å². The summed E-state index contributed by atoms with van der Waals surface area (Å²) in [5.74, 6) is 1.84. The predicted molar refractivity (Wildman–Crippen MR) is 84.6 cm³/mol. The average Bonchev–Trinajstić information content (AvgIpc) is 2.97. The molecule has 2 heterocycles. The molecule has 0 fully saturated rings. The number of nitrogens with zero attached hydrogens (tertiary/aromatic N) is 4. The maximum atomic E-state index is 6.15. The second-order valence-corrected chi connectivity index (χ2v) is 5.68. The molecule has 0 saturated carbocycles. The number of halogens is 1. The molecule has 3 aromatic rings. The summed E-state index contributed by atoms with van der Waals surface area (Å²) in [6, 6.07) is 7.35. The Morgan fingerprint density at radius 1 is 1.05 bits per heavy atom. The molecule has 3 rings (SSSR count). The van der Waals surface area contributed by atoms with Crippen LogP contribution in [0.15, 0.2) is 34.9 Å². The van der Waals surface area contributed by atoms with Gasteiger partial charge in [0, 0.05) is 12.1 Å². The van der Waals surface area contributed by atoms with E-state index in [4.69, 9.17) is 16.0 Å². The summed E-state index contributed by atoms with van der Waals surface area (Å²) in [7, 11) is 0. The van der Waals surface area contributed by atoms with Crippen molar-refractivity contribution >= 4 is 11.6 Å². The van der Waals surface area contributed by atoms with Crippen LogP contribution in [0.1, 0.15) is 31.3 Å². The molecule has 6 heteroatoms. The predicted octanol–water partition coefficient (Wildman–Crippen LogP) is 4.28. The fraction of sp³-hybridized carbons (Fsp3) is 0.250. The molecule has 0 atom stereocenters. The SMILES string of the molecule is Cc1nc(C(C)C)ncc1-c1nnc(-c2ccccc2Cl)o1. The zero-order chi connectivity index (χ0) is 15.7. The number of aromatic nitrogens is 4. The number of benzene rings is 1. The van der Waals surface area contributed by atoms with E-state index in [0.29, 0.717) is 22.4 Å². The molecule has 0 saturated heterocycles. The van der Waals surface area contributed by atoms with Crippen LogP contribution in [0.5, 0.6) is 0 Å². The Balaban J connectivity index is 2.00. The monoisotopic (exact) mass is 314 g/mol. The highest BCUT2D eigenvalue weighted by Crippen LogP contribution is 2.29. The molecule has 0 amide bonds. The Morgan fingerprint density at radius 2 is 1.73 bits per heavy atom. The first kappa shape index (κ1) is 14.7. The first-order valence-corrected chi connectivity index (χ1v) is 7.36. The highest BCUT2D eigenvalue weighted by molar-refractivity contribution is 6.33. The summed E-state index contributed by atoms with van der Waals surface area (Å²) >= 11 is 6.15. The fourth-order valence-corrected chi connectivity index (χ4v) is 2.27. The van der Waals surface area contributed by atoms with E-state index in [9.17, 15) is 0 Å². The smallest absolute Gasteiger partial charge is 0.251 e. The number of hydrogen-bond acceptors (Lipinski definition) is 5. The van der Waals surface area contributed by atoms with Gasteiger partial charge in [-0.3, -0.25) is 0 Å². The maximum absolute atomic E-state index is 6.15. The van der Waals surface area contributed by atoms with Crippen LogP contribution in [-0.4, -0.2) is 20.2 Å². The van der Waals surface area contributed by atoms with E-state index in [-0.39, 0.29) is 5.92 Å². The van der Waals surface area contributed by atoms with E-state index >= 15 is 0 Å². The first-order chi connectivity index (χ1) is 10.6. The molecular formula is C16H15ClN4O. The number of rotatable bonds is 3. The molecule has 0 aliphatic rings. The summed E-state index contributed by atoms with van der Waals surface area (Å²) in [4.78, 5) is 8.83. The van der Waals surface area contributed by atoms with Gasteiger partial charge in [-0.15, -0.1) is 10.2 Å². The Labute approximate surface area is 133 Å². The van der Waals surface area contributed by atoms with Gasteiger partial charge in [-0.1, -0.05) is 37.6 Å². The van der Waals surface area contributed by atoms with Crippen molar-refractivity contribution in [3.05, 3.63) is 47.0 Å². The van der Waals surface area contributed by atoms with Gasteiger partial charge >= 0.3 is 0 Å². The quantitative estimate of drug-likeness (QED) is 0.722. The third-order valence-corrected chi connectivity index (χ3v) is 3.60. The minimum atomic E-state index is 0.272. The molecule has 5 nitrogen and oxygen atoms in total. The molecule has 112 valence electrons. The number of aryl methyl sites for hydroxylation is 1. The molecule has 22 heavy (non-hydrogen) atoms. The zero-order valence-corrected chi connectivity index (χ0v) is 13.3. The van der Waals surface area contributed by atoms with Gasteiger partial charge in [-0.05, 0) is 19.1 Å². The molecule has 0 aliphatic carbocycles. The van der Waals surface area contributed by atoms with Crippen LogP contribution in [0.4, 0.5) is 0 Å². The van der Waals surface area contributed by atoms with Crippen LogP contribution in [0.3, 0.4) is 0 Å². The highest BCUT2D eigenvalue weighted by Gasteiger charge is 2.16.